The average Bonchev–Trinajstić information content (AvgIpc) is 3.24. The Hall–Kier alpha value is -3.81. The number of hydrogen-bond acceptors (Lipinski definition) is 5. The largest absolute Gasteiger partial charge is 0.339 e. The molecule has 2 amide bonds. The molecule has 2 fully saturated rings. The van der Waals surface area contributed by atoms with E-state index in [2.05, 4.69) is 15.3 Å². The number of amides is 2. The number of aromatic nitrogens is 2. The Morgan fingerprint density at radius 2 is 1.79 bits per heavy atom. The molecular weight excluding hydrogens is 433 g/mol. The molecule has 3 heterocycles. The van der Waals surface area contributed by atoms with Crippen LogP contribution >= 0.6 is 0 Å². The van der Waals surface area contributed by atoms with E-state index in [0.29, 0.717) is 31.1 Å². The lowest BCUT2D eigenvalue weighted by Crippen LogP contribution is -2.49. The van der Waals surface area contributed by atoms with Gasteiger partial charge in [0.2, 0.25) is 11.9 Å². The average molecular weight is 460 g/mol. The first kappa shape index (κ1) is 22.0. The van der Waals surface area contributed by atoms with Crippen LogP contribution in [0.2, 0.25) is 0 Å². The van der Waals surface area contributed by atoms with E-state index in [4.69, 9.17) is 0 Å². The van der Waals surface area contributed by atoms with Crippen molar-refractivity contribution in [3.8, 4) is 0 Å². The molecule has 0 unspecified atom stereocenters. The normalized spacial score (nSPS) is 21.8. The number of nitrogens with zero attached hydrogens (tertiary/aromatic N) is 4. The summed E-state index contributed by atoms with van der Waals surface area (Å²) in [6.07, 6.45) is 4.03. The lowest BCUT2D eigenvalue weighted by Gasteiger charge is -2.39. The minimum absolute atomic E-state index is 0.0429. The van der Waals surface area contributed by atoms with Gasteiger partial charge in [-0.25, -0.2) is 14.4 Å². The highest BCUT2D eigenvalue weighted by Gasteiger charge is 2.47. The standard InChI is InChI=1S/C26H26FN5O2/c1-17(33)32-16-22(18-6-8-20(27)9-7-18)23-15-31(13-10-24(23)32)25(34)19-4-2-5-21(14-19)30-26-28-11-3-12-29-26/h2-9,11-12,14,22-24H,10,13,15-16H2,1H3,(H,28,29,30)/t22-,23-,24-/m1/s1. The Labute approximate surface area is 197 Å². The molecule has 174 valence electrons. The van der Waals surface area contributed by atoms with E-state index in [9.17, 15) is 14.0 Å². The van der Waals surface area contributed by atoms with Gasteiger partial charge in [-0.05, 0) is 48.4 Å². The number of fused-ring (bicyclic) bond motifs is 1. The van der Waals surface area contributed by atoms with Gasteiger partial charge in [-0.1, -0.05) is 18.2 Å². The maximum Gasteiger partial charge on any atom is 0.253 e. The molecule has 0 saturated carbocycles. The number of nitrogens with one attached hydrogen (secondary N) is 1. The smallest absolute Gasteiger partial charge is 0.253 e. The van der Waals surface area contributed by atoms with E-state index in [0.717, 1.165) is 17.7 Å². The highest BCUT2D eigenvalue weighted by molar-refractivity contribution is 5.95. The second-order valence-corrected chi connectivity index (χ2v) is 8.88. The lowest BCUT2D eigenvalue weighted by atomic mass is 9.81. The maximum atomic E-state index is 13.5. The van der Waals surface area contributed by atoms with Gasteiger partial charge in [-0.2, -0.15) is 0 Å². The van der Waals surface area contributed by atoms with Crippen LogP contribution in [0.1, 0.15) is 35.2 Å². The zero-order valence-electron chi connectivity index (χ0n) is 18.9. The summed E-state index contributed by atoms with van der Waals surface area (Å²) in [5.41, 5.74) is 2.32. The molecule has 7 nitrogen and oxygen atoms in total. The van der Waals surface area contributed by atoms with Gasteiger partial charge in [-0.15, -0.1) is 0 Å². The first-order valence-electron chi connectivity index (χ1n) is 11.5. The number of carbonyl (C=O) groups excluding carboxylic acids is 2. The fraction of sp³-hybridized carbons (Fsp3) is 0.308. The summed E-state index contributed by atoms with van der Waals surface area (Å²) in [5, 5.41) is 3.12. The van der Waals surface area contributed by atoms with Crippen molar-refractivity contribution < 1.29 is 14.0 Å². The molecule has 1 N–H and O–H groups in total. The number of piperidine rings is 1. The van der Waals surface area contributed by atoms with Crippen LogP contribution in [-0.4, -0.2) is 57.3 Å². The van der Waals surface area contributed by atoms with E-state index in [1.807, 2.05) is 21.9 Å². The van der Waals surface area contributed by atoms with Gasteiger partial charge >= 0.3 is 0 Å². The number of carbonyl (C=O) groups is 2. The molecule has 1 aromatic heterocycles. The van der Waals surface area contributed by atoms with E-state index in [1.54, 1.807) is 49.6 Å². The van der Waals surface area contributed by atoms with Gasteiger partial charge in [0, 0.05) is 68.1 Å². The number of benzene rings is 2. The van der Waals surface area contributed by atoms with Crippen molar-refractivity contribution in [3.63, 3.8) is 0 Å². The molecule has 0 radical (unpaired) electrons. The van der Waals surface area contributed by atoms with Gasteiger partial charge in [0.15, 0.2) is 0 Å². The summed E-state index contributed by atoms with van der Waals surface area (Å²) in [4.78, 5) is 37.9. The molecule has 2 aliphatic heterocycles. The van der Waals surface area contributed by atoms with Gasteiger partial charge in [0.1, 0.15) is 5.82 Å². The van der Waals surface area contributed by atoms with Crippen molar-refractivity contribution in [2.24, 2.45) is 5.92 Å². The van der Waals surface area contributed by atoms with Gasteiger partial charge in [0.05, 0.1) is 0 Å². The van der Waals surface area contributed by atoms with Crippen molar-refractivity contribution in [3.05, 3.63) is 83.9 Å². The third-order valence-corrected chi connectivity index (χ3v) is 6.85. The first-order chi connectivity index (χ1) is 16.5. The van der Waals surface area contributed by atoms with Crippen LogP contribution in [0.4, 0.5) is 16.0 Å². The Bertz CT molecular complexity index is 1190. The molecule has 3 aromatic rings. The SMILES string of the molecule is CC(=O)N1C[C@H](c2ccc(F)cc2)[C@H]2CN(C(=O)c3cccc(Nc4ncccn4)c3)CC[C@H]21. The molecule has 2 aromatic carbocycles. The molecule has 2 saturated heterocycles. The van der Waals surface area contributed by atoms with Gasteiger partial charge in [0.25, 0.3) is 5.91 Å². The predicted molar refractivity (Wildman–Crippen MR) is 126 cm³/mol. The minimum atomic E-state index is -0.281. The molecular formula is C26H26FN5O2. The Kier molecular flexibility index (Phi) is 5.96. The maximum absolute atomic E-state index is 13.5. The van der Waals surface area contributed by atoms with Crippen LogP contribution < -0.4 is 5.32 Å². The Balaban J connectivity index is 1.36. The number of halogens is 1. The van der Waals surface area contributed by atoms with Crippen molar-refractivity contribution in [1.82, 2.24) is 19.8 Å². The van der Waals surface area contributed by atoms with E-state index in [-0.39, 0.29) is 35.5 Å². The molecule has 0 aliphatic carbocycles. The van der Waals surface area contributed by atoms with Crippen molar-refractivity contribution in [2.75, 3.05) is 25.0 Å². The minimum Gasteiger partial charge on any atom is -0.339 e. The molecule has 0 bridgehead atoms. The van der Waals surface area contributed by atoms with E-state index >= 15 is 0 Å². The monoisotopic (exact) mass is 459 g/mol. The summed E-state index contributed by atoms with van der Waals surface area (Å²) in [7, 11) is 0. The molecule has 34 heavy (non-hydrogen) atoms. The summed E-state index contributed by atoms with van der Waals surface area (Å²) < 4.78 is 13.5. The fourth-order valence-electron chi connectivity index (χ4n) is 5.25. The van der Waals surface area contributed by atoms with Gasteiger partial charge in [-0.3, -0.25) is 9.59 Å². The summed E-state index contributed by atoms with van der Waals surface area (Å²) in [6.45, 7) is 3.32. The molecule has 5 rings (SSSR count). The summed E-state index contributed by atoms with van der Waals surface area (Å²) in [6, 6.07) is 15.6. The zero-order chi connectivity index (χ0) is 23.7. The number of rotatable bonds is 4. The zero-order valence-corrected chi connectivity index (χ0v) is 18.9. The van der Waals surface area contributed by atoms with Crippen LogP contribution in [0, 0.1) is 11.7 Å². The van der Waals surface area contributed by atoms with Crippen LogP contribution in [-0.2, 0) is 4.79 Å². The third kappa shape index (κ3) is 4.35. The van der Waals surface area contributed by atoms with E-state index < -0.39 is 0 Å². The van der Waals surface area contributed by atoms with Crippen LogP contribution in [0.3, 0.4) is 0 Å². The molecule has 8 heteroatoms. The Morgan fingerprint density at radius 1 is 1.03 bits per heavy atom. The van der Waals surface area contributed by atoms with Crippen LogP contribution in [0.15, 0.2) is 67.0 Å². The molecule has 3 atom stereocenters. The van der Waals surface area contributed by atoms with E-state index in [1.165, 1.54) is 12.1 Å². The quantitative estimate of drug-likeness (QED) is 0.642. The Morgan fingerprint density at radius 3 is 2.53 bits per heavy atom. The number of likely N-dealkylation sites (tertiary alicyclic amines) is 2. The van der Waals surface area contributed by atoms with Crippen LogP contribution in [0.25, 0.3) is 0 Å². The molecule has 0 spiro atoms. The van der Waals surface area contributed by atoms with Gasteiger partial charge < -0.3 is 15.1 Å². The topological polar surface area (TPSA) is 78.4 Å². The summed E-state index contributed by atoms with van der Waals surface area (Å²) in [5.74, 6) is 0.345. The van der Waals surface area contributed by atoms with Crippen molar-refractivity contribution >= 4 is 23.5 Å². The highest BCUT2D eigenvalue weighted by Crippen LogP contribution is 2.41. The van der Waals surface area contributed by atoms with Crippen LogP contribution in [0.5, 0.6) is 0 Å². The second-order valence-electron chi connectivity index (χ2n) is 8.88. The van der Waals surface area contributed by atoms with Crippen molar-refractivity contribution in [2.45, 2.75) is 25.3 Å². The third-order valence-electron chi connectivity index (χ3n) is 6.85. The summed E-state index contributed by atoms with van der Waals surface area (Å²) >= 11 is 0. The van der Waals surface area contributed by atoms with Crippen molar-refractivity contribution in [1.29, 1.82) is 0 Å². The lowest BCUT2D eigenvalue weighted by molar-refractivity contribution is -0.130. The molecule has 2 aliphatic rings. The second kappa shape index (κ2) is 9.21. The number of hydrogen-bond donors (Lipinski definition) is 1. The predicted octanol–water partition coefficient (Wildman–Crippen LogP) is 3.84. The fourth-order valence-corrected chi connectivity index (χ4v) is 5.25. The first-order valence-corrected chi connectivity index (χ1v) is 11.5. The number of anilines is 2. The highest BCUT2D eigenvalue weighted by atomic mass is 19.1.